The first-order valence-corrected chi connectivity index (χ1v) is 6.45. The fraction of sp³-hybridized carbons (Fsp3) is 0.250. The summed E-state index contributed by atoms with van der Waals surface area (Å²) in [4.78, 5) is 0. The van der Waals surface area contributed by atoms with Gasteiger partial charge in [-0.15, -0.1) is 0 Å². The van der Waals surface area contributed by atoms with Crippen LogP contribution in [0.2, 0.25) is 0 Å². The molecule has 0 amide bonds. The molecule has 2 atom stereocenters. The van der Waals surface area contributed by atoms with E-state index in [0.29, 0.717) is 6.54 Å². The van der Waals surface area contributed by atoms with Crippen LogP contribution in [-0.4, -0.2) is 11.1 Å². The number of hydrogen-bond donors (Lipinski definition) is 3. The van der Waals surface area contributed by atoms with Gasteiger partial charge in [0.05, 0.1) is 0 Å². The molecule has 0 aliphatic heterocycles. The summed E-state index contributed by atoms with van der Waals surface area (Å²) in [6, 6.07) is 19.0. The molecule has 100 valence electrons. The minimum Gasteiger partial charge on any atom is -0.370 e. The molecule has 0 saturated heterocycles. The fourth-order valence-electron chi connectivity index (χ4n) is 2.05. The van der Waals surface area contributed by atoms with Gasteiger partial charge in [0.15, 0.2) is 5.72 Å². The van der Waals surface area contributed by atoms with E-state index in [1.54, 1.807) is 6.92 Å². The molecule has 0 bridgehead atoms. The maximum atomic E-state index is 10.8. The molecule has 2 aromatic rings. The molecule has 0 saturated carbocycles. The van der Waals surface area contributed by atoms with E-state index in [-0.39, 0.29) is 0 Å². The number of benzene rings is 2. The summed E-state index contributed by atoms with van der Waals surface area (Å²) >= 11 is 0. The summed E-state index contributed by atoms with van der Waals surface area (Å²) in [5.41, 5.74) is 6.62. The number of aliphatic hydroxyl groups is 1. The van der Waals surface area contributed by atoms with Gasteiger partial charge >= 0.3 is 0 Å². The van der Waals surface area contributed by atoms with Crippen LogP contribution in [0.5, 0.6) is 0 Å². The smallest absolute Gasteiger partial charge is 0.157 e. The lowest BCUT2D eigenvalue weighted by atomic mass is 9.96. The Morgan fingerprint density at radius 2 is 1.58 bits per heavy atom. The molecule has 0 aliphatic rings. The first-order valence-electron chi connectivity index (χ1n) is 6.45. The van der Waals surface area contributed by atoms with Gasteiger partial charge in [-0.3, -0.25) is 5.32 Å². The molecule has 0 heterocycles. The maximum absolute atomic E-state index is 10.8. The van der Waals surface area contributed by atoms with Gasteiger partial charge in [0, 0.05) is 12.6 Å². The van der Waals surface area contributed by atoms with Crippen LogP contribution in [0.15, 0.2) is 60.7 Å². The molecule has 19 heavy (non-hydrogen) atoms. The zero-order valence-electron chi connectivity index (χ0n) is 11.1. The number of nitrogens with one attached hydrogen (secondary N) is 1. The topological polar surface area (TPSA) is 58.3 Å². The second-order valence-electron chi connectivity index (χ2n) is 4.76. The van der Waals surface area contributed by atoms with Gasteiger partial charge in [-0.2, -0.15) is 0 Å². The molecule has 0 fully saturated rings. The first-order chi connectivity index (χ1) is 9.13. The zero-order valence-corrected chi connectivity index (χ0v) is 11.1. The molecule has 2 unspecified atom stereocenters. The number of rotatable bonds is 5. The Kier molecular flexibility index (Phi) is 4.32. The van der Waals surface area contributed by atoms with Crippen molar-refractivity contribution in [1.82, 2.24) is 5.32 Å². The van der Waals surface area contributed by atoms with Gasteiger partial charge < -0.3 is 10.8 Å². The lowest BCUT2D eigenvalue weighted by Gasteiger charge is -2.33. The van der Waals surface area contributed by atoms with Gasteiger partial charge in [0.2, 0.25) is 0 Å². The third-order valence-electron chi connectivity index (χ3n) is 3.28. The molecule has 2 rings (SSSR count). The predicted octanol–water partition coefficient (Wildman–Crippen LogP) is 1.97. The average Bonchev–Trinajstić information content (AvgIpc) is 2.46. The van der Waals surface area contributed by atoms with E-state index in [9.17, 15) is 5.11 Å². The highest BCUT2D eigenvalue weighted by Crippen LogP contribution is 2.21. The Balaban J connectivity index is 2.17. The Labute approximate surface area is 114 Å². The van der Waals surface area contributed by atoms with Gasteiger partial charge in [0.25, 0.3) is 0 Å². The molecule has 0 spiro atoms. The fourth-order valence-corrected chi connectivity index (χ4v) is 2.05. The van der Waals surface area contributed by atoms with Gasteiger partial charge in [-0.05, 0) is 18.1 Å². The summed E-state index contributed by atoms with van der Waals surface area (Å²) in [5.74, 6) is 0. The third kappa shape index (κ3) is 3.20. The van der Waals surface area contributed by atoms with Crippen LogP contribution < -0.4 is 11.1 Å². The minimum absolute atomic E-state index is 0.418. The van der Waals surface area contributed by atoms with Crippen LogP contribution in [0, 0.1) is 0 Å². The second kappa shape index (κ2) is 5.97. The van der Waals surface area contributed by atoms with E-state index < -0.39 is 11.8 Å². The Morgan fingerprint density at radius 3 is 2.11 bits per heavy atom. The molecule has 4 N–H and O–H groups in total. The summed E-state index contributed by atoms with van der Waals surface area (Å²) in [6.07, 6.45) is 0. The second-order valence-corrected chi connectivity index (χ2v) is 4.76. The van der Waals surface area contributed by atoms with E-state index in [2.05, 4.69) is 5.32 Å². The molecular weight excluding hydrogens is 236 g/mol. The van der Waals surface area contributed by atoms with Crippen molar-refractivity contribution in [2.24, 2.45) is 5.73 Å². The molecule has 3 heteroatoms. The quantitative estimate of drug-likeness (QED) is 0.717. The highest BCUT2D eigenvalue weighted by Gasteiger charge is 2.32. The molecule has 3 nitrogen and oxygen atoms in total. The van der Waals surface area contributed by atoms with Crippen LogP contribution in [-0.2, 0) is 12.3 Å². The van der Waals surface area contributed by atoms with Crippen molar-refractivity contribution in [2.75, 3.05) is 0 Å². The van der Waals surface area contributed by atoms with Gasteiger partial charge in [-0.25, -0.2) is 0 Å². The number of hydrogen-bond acceptors (Lipinski definition) is 3. The summed E-state index contributed by atoms with van der Waals surface area (Å²) in [6.45, 7) is 2.36. The Morgan fingerprint density at radius 1 is 1.05 bits per heavy atom. The Bertz CT molecular complexity index is 499. The monoisotopic (exact) mass is 256 g/mol. The normalized spacial score (nSPS) is 15.7. The van der Waals surface area contributed by atoms with Crippen molar-refractivity contribution in [2.45, 2.75) is 25.2 Å². The standard InChI is InChI=1S/C16H20N2O/c1-13(17)16(19,15-10-6-3-7-11-15)18-12-14-8-4-2-5-9-14/h2-11,13,18-19H,12,17H2,1H3. The van der Waals surface area contributed by atoms with E-state index in [1.165, 1.54) is 0 Å². The van der Waals surface area contributed by atoms with Crippen molar-refractivity contribution in [3.63, 3.8) is 0 Å². The molecule has 0 aromatic heterocycles. The van der Waals surface area contributed by atoms with Crippen LogP contribution in [0.1, 0.15) is 18.1 Å². The lowest BCUT2D eigenvalue weighted by Crippen LogP contribution is -2.54. The lowest BCUT2D eigenvalue weighted by molar-refractivity contribution is -0.0217. The highest BCUT2D eigenvalue weighted by molar-refractivity contribution is 5.24. The SMILES string of the molecule is CC(N)C(O)(NCc1ccccc1)c1ccccc1. The number of nitrogens with two attached hydrogens (primary N) is 1. The van der Waals surface area contributed by atoms with E-state index in [1.807, 2.05) is 60.7 Å². The molecule has 2 aromatic carbocycles. The van der Waals surface area contributed by atoms with Crippen molar-refractivity contribution in [1.29, 1.82) is 0 Å². The molecule has 0 radical (unpaired) electrons. The maximum Gasteiger partial charge on any atom is 0.157 e. The predicted molar refractivity (Wildman–Crippen MR) is 77.3 cm³/mol. The summed E-state index contributed by atoms with van der Waals surface area (Å²) in [7, 11) is 0. The average molecular weight is 256 g/mol. The first kappa shape index (κ1) is 13.7. The van der Waals surface area contributed by atoms with Crippen molar-refractivity contribution in [3.8, 4) is 0 Å². The minimum atomic E-state index is -1.23. The zero-order chi connectivity index (χ0) is 13.7. The summed E-state index contributed by atoms with van der Waals surface area (Å²) < 4.78 is 0. The highest BCUT2D eigenvalue weighted by atomic mass is 16.3. The molecular formula is C16H20N2O. The Hall–Kier alpha value is -1.68. The van der Waals surface area contributed by atoms with Crippen LogP contribution >= 0.6 is 0 Å². The largest absolute Gasteiger partial charge is 0.370 e. The van der Waals surface area contributed by atoms with Crippen LogP contribution in [0.25, 0.3) is 0 Å². The molecule has 0 aliphatic carbocycles. The van der Waals surface area contributed by atoms with Crippen molar-refractivity contribution < 1.29 is 5.11 Å². The van der Waals surface area contributed by atoms with Crippen molar-refractivity contribution in [3.05, 3.63) is 71.8 Å². The summed E-state index contributed by atoms with van der Waals surface area (Å²) in [5, 5.41) is 13.9. The third-order valence-corrected chi connectivity index (χ3v) is 3.28. The van der Waals surface area contributed by atoms with Crippen molar-refractivity contribution >= 4 is 0 Å². The van der Waals surface area contributed by atoms with Crippen LogP contribution in [0.3, 0.4) is 0 Å². The van der Waals surface area contributed by atoms with Crippen LogP contribution in [0.4, 0.5) is 0 Å². The van der Waals surface area contributed by atoms with E-state index in [0.717, 1.165) is 11.1 Å². The van der Waals surface area contributed by atoms with E-state index >= 15 is 0 Å². The van der Waals surface area contributed by atoms with Gasteiger partial charge in [-0.1, -0.05) is 60.7 Å². The van der Waals surface area contributed by atoms with Gasteiger partial charge in [0.1, 0.15) is 0 Å². The van der Waals surface area contributed by atoms with E-state index in [4.69, 9.17) is 5.73 Å².